The number of rotatable bonds is 7. The van der Waals surface area contributed by atoms with Crippen molar-refractivity contribution < 1.29 is 14.3 Å². The SMILES string of the molecule is CCNC(=O)c1cnc(Nc2ccc3c(c2)CCNC3)nc1Nc1cccc(N2CCOC2=O)n1. The van der Waals surface area contributed by atoms with Crippen LogP contribution in [0.4, 0.5) is 33.9 Å². The van der Waals surface area contributed by atoms with Crippen LogP contribution in [0, 0.1) is 0 Å². The number of carbonyl (C=O) groups excluding carboxylic acids is 2. The Bertz CT molecular complexity index is 1270. The number of nitrogens with one attached hydrogen (secondary N) is 4. The molecule has 2 aliphatic rings. The van der Waals surface area contributed by atoms with Gasteiger partial charge in [0.05, 0.1) is 6.54 Å². The number of nitrogens with zero attached hydrogens (tertiary/aromatic N) is 4. The van der Waals surface area contributed by atoms with Gasteiger partial charge in [0.2, 0.25) is 5.95 Å². The lowest BCUT2D eigenvalue weighted by molar-refractivity contribution is 0.0956. The van der Waals surface area contributed by atoms with E-state index in [9.17, 15) is 9.59 Å². The number of cyclic esters (lactones) is 1. The Balaban J connectivity index is 1.43. The molecule has 0 aliphatic carbocycles. The summed E-state index contributed by atoms with van der Waals surface area (Å²) < 4.78 is 5.00. The van der Waals surface area contributed by atoms with Gasteiger partial charge in [-0.2, -0.15) is 4.98 Å². The van der Waals surface area contributed by atoms with Crippen LogP contribution < -0.4 is 26.2 Å². The molecule has 0 saturated carbocycles. The third-order valence-electron chi connectivity index (χ3n) is 5.74. The third kappa shape index (κ3) is 4.99. The summed E-state index contributed by atoms with van der Waals surface area (Å²) in [6.07, 6.45) is 2.00. The van der Waals surface area contributed by atoms with Crippen molar-refractivity contribution in [3.63, 3.8) is 0 Å². The van der Waals surface area contributed by atoms with Crippen LogP contribution in [0.1, 0.15) is 28.4 Å². The molecular formula is C24H26N8O3. The van der Waals surface area contributed by atoms with E-state index in [1.807, 2.05) is 13.0 Å². The minimum Gasteiger partial charge on any atom is -0.447 e. The van der Waals surface area contributed by atoms with Crippen LogP contribution in [-0.4, -0.2) is 53.2 Å². The van der Waals surface area contributed by atoms with E-state index in [1.165, 1.54) is 22.2 Å². The maximum absolute atomic E-state index is 12.7. The van der Waals surface area contributed by atoms with E-state index in [1.54, 1.807) is 18.2 Å². The fraction of sp³-hybridized carbons (Fsp3) is 0.292. The molecule has 0 spiro atoms. The molecule has 35 heavy (non-hydrogen) atoms. The van der Waals surface area contributed by atoms with Crippen LogP contribution in [0.2, 0.25) is 0 Å². The van der Waals surface area contributed by atoms with Gasteiger partial charge < -0.3 is 26.0 Å². The highest BCUT2D eigenvalue weighted by molar-refractivity contribution is 5.99. The van der Waals surface area contributed by atoms with Crippen molar-refractivity contribution >= 4 is 41.1 Å². The van der Waals surface area contributed by atoms with E-state index >= 15 is 0 Å². The lowest BCUT2D eigenvalue weighted by atomic mass is 10.0. The lowest BCUT2D eigenvalue weighted by Crippen LogP contribution is -2.25. The number of benzene rings is 1. The van der Waals surface area contributed by atoms with Crippen molar-refractivity contribution in [2.45, 2.75) is 19.9 Å². The maximum atomic E-state index is 12.7. The highest BCUT2D eigenvalue weighted by Gasteiger charge is 2.25. The first-order valence-corrected chi connectivity index (χ1v) is 11.5. The number of aromatic nitrogens is 3. The van der Waals surface area contributed by atoms with Crippen molar-refractivity contribution in [2.75, 3.05) is 41.8 Å². The first-order chi connectivity index (χ1) is 17.1. The van der Waals surface area contributed by atoms with E-state index in [0.29, 0.717) is 43.1 Å². The van der Waals surface area contributed by atoms with E-state index in [2.05, 4.69) is 48.4 Å². The zero-order valence-corrected chi connectivity index (χ0v) is 19.3. The molecule has 5 rings (SSSR count). The van der Waals surface area contributed by atoms with Gasteiger partial charge in [-0.1, -0.05) is 12.1 Å². The number of anilines is 5. The van der Waals surface area contributed by atoms with Gasteiger partial charge in [-0.05, 0) is 55.3 Å². The second-order valence-corrected chi connectivity index (χ2v) is 8.12. The number of hydrogen-bond donors (Lipinski definition) is 4. The molecule has 2 aromatic heterocycles. The number of hydrogen-bond acceptors (Lipinski definition) is 9. The largest absolute Gasteiger partial charge is 0.447 e. The highest BCUT2D eigenvalue weighted by Crippen LogP contribution is 2.25. The highest BCUT2D eigenvalue weighted by atomic mass is 16.6. The fourth-order valence-electron chi connectivity index (χ4n) is 4.01. The average molecular weight is 475 g/mol. The molecular weight excluding hydrogens is 448 g/mol. The van der Waals surface area contributed by atoms with E-state index < -0.39 is 6.09 Å². The Morgan fingerprint density at radius 2 is 2.09 bits per heavy atom. The van der Waals surface area contributed by atoms with E-state index in [0.717, 1.165) is 25.2 Å². The summed E-state index contributed by atoms with van der Waals surface area (Å²) in [4.78, 5) is 39.5. The van der Waals surface area contributed by atoms with Crippen molar-refractivity contribution in [1.29, 1.82) is 0 Å². The normalized spacial score (nSPS) is 14.8. The summed E-state index contributed by atoms with van der Waals surface area (Å²) in [6, 6.07) is 11.4. The molecule has 4 N–H and O–H groups in total. The van der Waals surface area contributed by atoms with Crippen molar-refractivity contribution in [3.8, 4) is 0 Å². The number of fused-ring (bicyclic) bond motifs is 1. The summed E-state index contributed by atoms with van der Waals surface area (Å²) in [7, 11) is 0. The quantitative estimate of drug-likeness (QED) is 0.408. The molecule has 2 aliphatic heterocycles. The molecule has 1 fully saturated rings. The van der Waals surface area contributed by atoms with Crippen LogP contribution in [0.15, 0.2) is 42.6 Å². The Morgan fingerprint density at radius 1 is 1.17 bits per heavy atom. The Labute approximate surface area is 202 Å². The lowest BCUT2D eigenvalue weighted by Gasteiger charge is -2.18. The molecule has 180 valence electrons. The zero-order chi connectivity index (χ0) is 24.2. The van der Waals surface area contributed by atoms with Crippen molar-refractivity contribution in [3.05, 3.63) is 59.3 Å². The molecule has 0 radical (unpaired) electrons. The smallest absolute Gasteiger partial charge is 0.415 e. The first-order valence-electron chi connectivity index (χ1n) is 11.5. The molecule has 0 bridgehead atoms. The number of pyridine rings is 1. The second kappa shape index (κ2) is 9.94. The van der Waals surface area contributed by atoms with Gasteiger partial charge >= 0.3 is 6.09 Å². The average Bonchev–Trinajstić information content (AvgIpc) is 3.30. The maximum Gasteiger partial charge on any atom is 0.415 e. The molecule has 4 heterocycles. The second-order valence-electron chi connectivity index (χ2n) is 8.12. The predicted octanol–water partition coefficient (Wildman–Crippen LogP) is 2.71. The van der Waals surface area contributed by atoms with Gasteiger partial charge in [0, 0.05) is 25.0 Å². The van der Waals surface area contributed by atoms with Gasteiger partial charge in [-0.25, -0.2) is 14.8 Å². The van der Waals surface area contributed by atoms with Crippen molar-refractivity contribution in [1.82, 2.24) is 25.6 Å². The van der Waals surface area contributed by atoms with Crippen LogP contribution in [-0.2, 0) is 17.7 Å². The fourth-order valence-corrected chi connectivity index (χ4v) is 4.01. The van der Waals surface area contributed by atoms with Gasteiger partial charge in [-0.3, -0.25) is 9.69 Å². The van der Waals surface area contributed by atoms with E-state index in [4.69, 9.17) is 4.74 Å². The Morgan fingerprint density at radius 3 is 2.91 bits per heavy atom. The monoisotopic (exact) mass is 474 g/mol. The molecule has 11 heteroatoms. The standard InChI is InChI=1S/C24H26N8O3/c1-2-26-22(33)18-14-27-23(28-17-7-6-16-13-25-9-8-15(16)12-17)31-21(18)30-19-4-3-5-20(29-19)32-10-11-35-24(32)34/h3-7,12,14,25H,2,8-11,13H2,1H3,(H,26,33)(H2,27,28,29,30,31). The summed E-state index contributed by atoms with van der Waals surface area (Å²) >= 11 is 0. The van der Waals surface area contributed by atoms with Gasteiger partial charge in [0.1, 0.15) is 29.6 Å². The summed E-state index contributed by atoms with van der Waals surface area (Å²) in [6.45, 7) is 4.87. The zero-order valence-electron chi connectivity index (χ0n) is 19.3. The topological polar surface area (TPSA) is 133 Å². The molecule has 3 aromatic rings. The molecule has 11 nitrogen and oxygen atoms in total. The summed E-state index contributed by atoms with van der Waals surface area (Å²) in [5.74, 6) is 1.21. The van der Waals surface area contributed by atoms with Gasteiger partial charge in [-0.15, -0.1) is 0 Å². The minimum atomic E-state index is -0.438. The number of ether oxygens (including phenoxy) is 1. The summed E-state index contributed by atoms with van der Waals surface area (Å²) in [5, 5.41) is 12.5. The summed E-state index contributed by atoms with van der Waals surface area (Å²) in [5.41, 5.74) is 3.72. The van der Waals surface area contributed by atoms with Gasteiger partial charge in [0.25, 0.3) is 5.91 Å². The van der Waals surface area contributed by atoms with E-state index in [-0.39, 0.29) is 11.5 Å². The van der Waals surface area contributed by atoms with Crippen molar-refractivity contribution in [2.24, 2.45) is 0 Å². The van der Waals surface area contributed by atoms with Gasteiger partial charge in [0.15, 0.2) is 0 Å². The number of carbonyl (C=O) groups is 2. The van der Waals surface area contributed by atoms with Crippen LogP contribution in [0.3, 0.4) is 0 Å². The molecule has 1 aromatic carbocycles. The Kier molecular flexibility index (Phi) is 6.40. The number of amides is 2. The first kappa shape index (κ1) is 22.5. The molecule has 1 saturated heterocycles. The van der Waals surface area contributed by atoms with Crippen LogP contribution in [0.25, 0.3) is 0 Å². The predicted molar refractivity (Wildman–Crippen MR) is 131 cm³/mol. The molecule has 0 atom stereocenters. The molecule has 2 amide bonds. The minimum absolute atomic E-state index is 0.279. The molecule has 0 unspecified atom stereocenters. The van der Waals surface area contributed by atoms with Crippen LogP contribution >= 0.6 is 0 Å². The third-order valence-corrected chi connectivity index (χ3v) is 5.74. The van der Waals surface area contributed by atoms with Crippen LogP contribution in [0.5, 0.6) is 0 Å². The Hall–Kier alpha value is -4.25.